The molecule has 1 amide bonds. The lowest BCUT2D eigenvalue weighted by Gasteiger charge is -2.36. The van der Waals surface area contributed by atoms with Crippen LogP contribution in [0, 0.1) is 5.82 Å². The van der Waals surface area contributed by atoms with Gasteiger partial charge in [-0.05, 0) is 44.5 Å². The molecule has 1 atom stereocenters. The molecule has 1 fully saturated rings. The van der Waals surface area contributed by atoms with Gasteiger partial charge < -0.3 is 10.2 Å². The first-order valence-corrected chi connectivity index (χ1v) is 6.92. The number of nitrogens with one attached hydrogen (secondary N) is 1. The molecule has 1 heterocycles. The van der Waals surface area contributed by atoms with Gasteiger partial charge in [0.15, 0.2) is 0 Å². The maximum atomic E-state index is 13.0. The van der Waals surface area contributed by atoms with Gasteiger partial charge in [-0.15, -0.1) is 0 Å². The molecule has 0 saturated carbocycles. The number of hydrogen-bond donors (Lipinski definition) is 1. The quantitative estimate of drug-likeness (QED) is 0.926. The van der Waals surface area contributed by atoms with E-state index in [-0.39, 0.29) is 17.0 Å². The summed E-state index contributed by atoms with van der Waals surface area (Å²) in [4.78, 5) is 14.4. The van der Waals surface area contributed by atoms with Crippen LogP contribution in [-0.2, 0) is 0 Å². The Morgan fingerprint density at radius 2 is 2.32 bits per heavy atom. The summed E-state index contributed by atoms with van der Waals surface area (Å²) in [6, 6.07) is 4.11. The molecule has 1 unspecified atom stereocenters. The van der Waals surface area contributed by atoms with Crippen molar-refractivity contribution in [2.45, 2.75) is 25.3 Å². The summed E-state index contributed by atoms with van der Waals surface area (Å²) in [5, 5.41) is 3.29. The fourth-order valence-corrected chi connectivity index (χ4v) is 2.78. The molecular weight excluding hydrogens is 267 g/mol. The molecule has 0 spiro atoms. The largest absolute Gasteiger partial charge is 0.334 e. The maximum Gasteiger partial charge on any atom is 0.255 e. The number of benzene rings is 1. The smallest absolute Gasteiger partial charge is 0.255 e. The molecule has 1 saturated heterocycles. The number of carbonyl (C=O) groups excluding carboxylic acids is 1. The first kappa shape index (κ1) is 14.3. The van der Waals surface area contributed by atoms with E-state index in [1.807, 2.05) is 11.9 Å². The van der Waals surface area contributed by atoms with Crippen LogP contribution < -0.4 is 5.32 Å². The van der Waals surface area contributed by atoms with Crippen molar-refractivity contribution in [3.05, 3.63) is 34.6 Å². The summed E-state index contributed by atoms with van der Waals surface area (Å²) in [5.41, 5.74) is 0.381. The average Bonchev–Trinajstić information content (AvgIpc) is 2.39. The molecular formula is C14H18ClFN2O. The molecule has 2 rings (SSSR count). The number of likely N-dealkylation sites (tertiary alicyclic amines) is 1. The predicted octanol–water partition coefficient (Wildman–Crippen LogP) is 2.69. The van der Waals surface area contributed by atoms with Gasteiger partial charge in [-0.1, -0.05) is 11.6 Å². The minimum Gasteiger partial charge on any atom is -0.334 e. The van der Waals surface area contributed by atoms with Gasteiger partial charge in [-0.3, -0.25) is 4.79 Å². The Bertz CT molecular complexity index is 465. The van der Waals surface area contributed by atoms with E-state index in [1.165, 1.54) is 18.2 Å². The van der Waals surface area contributed by atoms with E-state index in [0.717, 1.165) is 32.4 Å². The highest BCUT2D eigenvalue weighted by Gasteiger charge is 2.28. The van der Waals surface area contributed by atoms with Gasteiger partial charge in [0.25, 0.3) is 5.91 Å². The van der Waals surface area contributed by atoms with Gasteiger partial charge in [0, 0.05) is 19.1 Å². The first-order valence-electron chi connectivity index (χ1n) is 6.54. The summed E-state index contributed by atoms with van der Waals surface area (Å²) in [6.45, 7) is 1.50. The standard InChI is InChI=1S/C14H18ClFN2O/c1-17-9-11-4-2-3-7-18(11)14(19)12-6-5-10(16)8-13(12)15/h5-6,8,11,17H,2-4,7,9H2,1H3. The Labute approximate surface area is 117 Å². The normalized spacial score (nSPS) is 19.5. The highest BCUT2D eigenvalue weighted by Crippen LogP contribution is 2.23. The number of rotatable bonds is 3. The lowest BCUT2D eigenvalue weighted by atomic mass is 10.0. The van der Waals surface area contributed by atoms with Crippen molar-refractivity contribution in [1.29, 1.82) is 0 Å². The van der Waals surface area contributed by atoms with E-state index in [0.29, 0.717) is 5.56 Å². The molecule has 1 aromatic carbocycles. The van der Waals surface area contributed by atoms with Crippen molar-refractivity contribution >= 4 is 17.5 Å². The molecule has 5 heteroatoms. The average molecular weight is 285 g/mol. The summed E-state index contributed by atoms with van der Waals surface area (Å²) >= 11 is 5.97. The van der Waals surface area contributed by atoms with Crippen LogP contribution >= 0.6 is 11.6 Å². The van der Waals surface area contributed by atoms with Crippen molar-refractivity contribution in [3.8, 4) is 0 Å². The molecule has 19 heavy (non-hydrogen) atoms. The van der Waals surface area contributed by atoms with Crippen LogP contribution in [0.25, 0.3) is 0 Å². The second kappa shape index (κ2) is 6.35. The number of likely N-dealkylation sites (N-methyl/N-ethyl adjacent to an activating group) is 1. The molecule has 104 valence electrons. The van der Waals surface area contributed by atoms with E-state index in [4.69, 9.17) is 11.6 Å². The van der Waals surface area contributed by atoms with Crippen molar-refractivity contribution in [2.75, 3.05) is 20.1 Å². The van der Waals surface area contributed by atoms with Crippen LogP contribution in [0.1, 0.15) is 29.6 Å². The molecule has 0 bridgehead atoms. The van der Waals surface area contributed by atoms with Gasteiger partial charge in [-0.2, -0.15) is 0 Å². The van der Waals surface area contributed by atoms with Gasteiger partial charge in [0.2, 0.25) is 0 Å². The summed E-state index contributed by atoms with van der Waals surface area (Å²) in [6.07, 6.45) is 3.13. The summed E-state index contributed by atoms with van der Waals surface area (Å²) < 4.78 is 13.0. The second-order valence-electron chi connectivity index (χ2n) is 4.83. The molecule has 1 aliphatic rings. The zero-order valence-electron chi connectivity index (χ0n) is 11.0. The van der Waals surface area contributed by atoms with E-state index in [2.05, 4.69) is 5.32 Å². The van der Waals surface area contributed by atoms with Crippen LogP contribution in [0.3, 0.4) is 0 Å². The maximum absolute atomic E-state index is 13.0. The van der Waals surface area contributed by atoms with Gasteiger partial charge in [0.05, 0.1) is 10.6 Å². The second-order valence-corrected chi connectivity index (χ2v) is 5.24. The molecule has 1 aromatic rings. The van der Waals surface area contributed by atoms with E-state index >= 15 is 0 Å². The number of carbonyl (C=O) groups is 1. The fraction of sp³-hybridized carbons (Fsp3) is 0.500. The minimum absolute atomic E-state index is 0.107. The third-order valence-corrected chi connectivity index (χ3v) is 3.80. The topological polar surface area (TPSA) is 32.3 Å². The molecule has 1 N–H and O–H groups in total. The van der Waals surface area contributed by atoms with Gasteiger partial charge in [0.1, 0.15) is 5.82 Å². The van der Waals surface area contributed by atoms with Crippen molar-refractivity contribution in [2.24, 2.45) is 0 Å². The Balaban J connectivity index is 2.21. The highest BCUT2D eigenvalue weighted by molar-refractivity contribution is 6.33. The lowest BCUT2D eigenvalue weighted by molar-refractivity contribution is 0.0615. The molecule has 0 radical (unpaired) electrons. The van der Waals surface area contributed by atoms with E-state index in [9.17, 15) is 9.18 Å². The van der Waals surface area contributed by atoms with Crippen LogP contribution in [0.4, 0.5) is 4.39 Å². The molecule has 3 nitrogen and oxygen atoms in total. The minimum atomic E-state index is -0.424. The lowest BCUT2D eigenvalue weighted by Crippen LogP contribution is -2.48. The van der Waals surface area contributed by atoms with E-state index < -0.39 is 5.82 Å². The van der Waals surface area contributed by atoms with Crippen LogP contribution in [0.5, 0.6) is 0 Å². The number of hydrogen-bond acceptors (Lipinski definition) is 2. The van der Waals surface area contributed by atoms with Gasteiger partial charge >= 0.3 is 0 Å². The number of piperidine rings is 1. The third kappa shape index (κ3) is 3.25. The Morgan fingerprint density at radius 1 is 1.53 bits per heavy atom. The zero-order chi connectivity index (χ0) is 13.8. The monoisotopic (exact) mass is 284 g/mol. The molecule has 0 aromatic heterocycles. The number of amides is 1. The first-order chi connectivity index (χ1) is 9.13. The summed E-state index contributed by atoms with van der Waals surface area (Å²) in [5.74, 6) is -0.531. The van der Waals surface area contributed by atoms with Crippen LogP contribution in [0.15, 0.2) is 18.2 Å². The van der Waals surface area contributed by atoms with Crippen LogP contribution in [-0.4, -0.2) is 37.0 Å². The van der Waals surface area contributed by atoms with Crippen molar-refractivity contribution in [3.63, 3.8) is 0 Å². The zero-order valence-corrected chi connectivity index (χ0v) is 11.7. The Kier molecular flexibility index (Phi) is 4.77. The van der Waals surface area contributed by atoms with Gasteiger partial charge in [-0.25, -0.2) is 4.39 Å². The number of nitrogens with zero attached hydrogens (tertiary/aromatic N) is 1. The van der Waals surface area contributed by atoms with E-state index in [1.54, 1.807) is 0 Å². The highest BCUT2D eigenvalue weighted by atomic mass is 35.5. The Hall–Kier alpha value is -1.13. The Morgan fingerprint density at radius 3 is 3.00 bits per heavy atom. The predicted molar refractivity (Wildman–Crippen MR) is 74.0 cm³/mol. The SMILES string of the molecule is CNCC1CCCCN1C(=O)c1ccc(F)cc1Cl. The van der Waals surface area contributed by atoms with Crippen LogP contribution in [0.2, 0.25) is 5.02 Å². The third-order valence-electron chi connectivity index (χ3n) is 3.49. The van der Waals surface area contributed by atoms with Crippen molar-refractivity contribution < 1.29 is 9.18 Å². The fourth-order valence-electron chi connectivity index (χ4n) is 2.53. The molecule has 0 aliphatic carbocycles. The van der Waals surface area contributed by atoms with Crippen molar-refractivity contribution in [1.82, 2.24) is 10.2 Å². The number of halogens is 2. The molecule has 1 aliphatic heterocycles. The summed E-state index contributed by atoms with van der Waals surface area (Å²) in [7, 11) is 1.88.